The number of fused-ring (bicyclic) bond motifs is 5. The number of hydrogen-bond donors (Lipinski definition) is 1. The Hall–Kier alpha value is -0.640. The molecule has 0 aromatic carbocycles. The first kappa shape index (κ1) is 24.5. The molecule has 0 aliphatic heterocycles. The van der Waals surface area contributed by atoms with E-state index < -0.39 is 0 Å². The lowest BCUT2D eigenvalue weighted by molar-refractivity contribution is -0.0865. The zero-order valence-corrected chi connectivity index (χ0v) is 21.5. The zero-order valence-electron chi connectivity index (χ0n) is 21.5. The van der Waals surface area contributed by atoms with E-state index in [2.05, 4.69) is 46.8 Å². The molecule has 4 rings (SSSR count). The largest absolute Gasteiger partial charge is 0.393 e. The summed E-state index contributed by atoms with van der Waals surface area (Å²) in [6.07, 6.45) is 16.2. The number of aliphatic hydroxyl groups excluding tert-OH is 1. The lowest BCUT2D eigenvalue weighted by atomic mass is 9.50. The molecule has 4 aliphatic carbocycles. The standard InChI is InChI=1S/C29H48O3/c1-19(2)27(30)12-7-20(3)24-10-11-25-23-9-8-21-17-22(32-18-31-6)13-15-28(21,4)26(23)14-16-29(24,25)5/h8-9,19-20,22,24-27,30H,7,10-18H2,1-6H3/t20-,22?,24-,25+,26+,27?,28+,29-/m1/s1. The Morgan fingerprint density at radius 3 is 2.50 bits per heavy atom. The summed E-state index contributed by atoms with van der Waals surface area (Å²) in [5.41, 5.74) is 4.15. The Morgan fingerprint density at radius 2 is 1.78 bits per heavy atom. The van der Waals surface area contributed by atoms with Crippen LogP contribution >= 0.6 is 0 Å². The molecular weight excluding hydrogens is 396 g/mol. The summed E-state index contributed by atoms with van der Waals surface area (Å²) in [6.45, 7) is 12.3. The Morgan fingerprint density at radius 1 is 1.00 bits per heavy atom. The number of aliphatic hydroxyl groups is 1. The molecule has 0 aromatic heterocycles. The van der Waals surface area contributed by atoms with Gasteiger partial charge in [0.15, 0.2) is 0 Å². The van der Waals surface area contributed by atoms with E-state index in [9.17, 15) is 5.11 Å². The maximum atomic E-state index is 10.3. The molecule has 32 heavy (non-hydrogen) atoms. The minimum absolute atomic E-state index is 0.147. The van der Waals surface area contributed by atoms with E-state index in [4.69, 9.17) is 9.47 Å². The highest BCUT2D eigenvalue weighted by Crippen LogP contribution is 2.66. The van der Waals surface area contributed by atoms with Crippen LogP contribution in [0.4, 0.5) is 0 Å². The molecule has 0 amide bonds. The summed E-state index contributed by atoms with van der Waals surface area (Å²) >= 11 is 0. The molecule has 3 fully saturated rings. The molecule has 182 valence electrons. The lowest BCUT2D eigenvalue weighted by Crippen LogP contribution is -2.46. The molecule has 0 heterocycles. The molecule has 3 nitrogen and oxygen atoms in total. The molecule has 0 bridgehead atoms. The fourth-order valence-corrected chi connectivity index (χ4v) is 8.22. The summed E-state index contributed by atoms with van der Waals surface area (Å²) in [4.78, 5) is 0. The van der Waals surface area contributed by atoms with Crippen LogP contribution in [0.25, 0.3) is 0 Å². The zero-order chi connectivity index (χ0) is 23.1. The van der Waals surface area contributed by atoms with Crippen molar-refractivity contribution in [2.45, 2.75) is 105 Å². The topological polar surface area (TPSA) is 38.7 Å². The fraction of sp³-hybridized carbons (Fsp3) is 0.862. The Bertz CT molecular complexity index is 724. The molecule has 3 heteroatoms. The van der Waals surface area contributed by atoms with Gasteiger partial charge in [-0.2, -0.15) is 0 Å². The van der Waals surface area contributed by atoms with Crippen LogP contribution in [0.5, 0.6) is 0 Å². The molecule has 1 N–H and O–H groups in total. The minimum atomic E-state index is -0.147. The van der Waals surface area contributed by atoms with Crippen molar-refractivity contribution < 1.29 is 14.6 Å². The second kappa shape index (κ2) is 9.55. The van der Waals surface area contributed by atoms with Crippen molar-refractivity contribution in [1.29, 1.82) is 0 Å². The maximum absolute atomic E-state index is 10.3. The van der Waals surface area contributed by atoms with Crippen molar-refractivity contribution in [3.8, 4) is 0 Å². The second-order valence-corrected chi connectivity index (χ2v) is 12.4. The van der Waals surface area contributed by atoms with E-state index in [-0.39, 0.29) is 6.10 Å². The summed E-state index contributed by atoms with van der Waals surface area (Å²) in [7, 11) is 1.71. The van der Waals surface area contributed by atoms with Crippen molar-refractivity contribution in [2.75, 3.05) is 13.9 Å². The quantitative estimate of drug-likeness (QED) is 0.413. The van der Waals surface area contributed by atoms with Gasteiger partial charge >= 0.3 is 0 Å². The first-order valence-electron chi connectivity index (χ1n) is 13.4. The van der Waals surface area contributed by atoms with E-state index in [0.29, 0.717) is 35.6 Å². The second-order valence-electron chi connectivity index (χ2n) is 12.4. The predicted molar refractivity (Wildman–Crippen MR) is 131 cm³/mol. The van der Waals surface area contributed by atoms with Gasteiger partial charge in [-0.1, -0.05) is 57.9 Å². The van der Waals surface area contributed by atoms with E-state index >= 15 is 0 Å². The molecule has 4 aliphatic rings. The summed E-state index contributed by atoms with van der Waals surface area (Å²) in [5.74, 6) is 3.34. The van der Waals surface area contributed by atoms with Crippen LogP contribution in [0.1, 0.15) is 92.4 Å². The van der Waals surface area contributed by atoms with E-state index in [1.165, 1.54) is 38.5 Å². The molecule has 8 atom stereocenters. The molecular formula is C29H48O3. The van der Waals surface area contributed by atoms with Gasteiger partial charge in [-0.3, -0.25) is 0 Å². The monoisotopic (exact) mass is 444 g/mol. The van der Waals surface area contributed by atoms with Gasteiger partial charge < -0.3 is 14.6 Å². The van der Waals surface area contributed by atoms with Gasteiger partial charge in [-0.05, 0) is 98.2 Å². The van der Waals surface area contributed by atoms with Gasteiger partial charge in [0.25, 0.3) is 0 Å². The average Bonchev–Trinajstić information content (AvgIpc) is 3.12. The van der Waals surface area contributed by atoms with Crippen molar-refractivity contribution in [2.24, 2.45) is 40.4 Å². The van der Waals surface area contributed by atoms with E-state index in [0.717, 1.165) is 37.0 Å². The molecule has 0 saturated heterocycles. The SMILES string of the molecule is COCOC1CC[C@@]2(C)C(=CC=C3[C@@H]4CC[C@H]([C@H](C)CCC(O)C(C)C)[C@@]4(C)CC[C@@H]32)C1. The number of rotatable bonds is 8. The van der Waals surface area contributed by atoms with Crippen LogP contribution in [0.3, 0.4) is 0 Å². The third-order valence-electron chi connectivity index (χ3n) is 10.4. The fourth-order valence-electron chi connectivity index (χ4n) is 8.22. The molecule has 0 spiro atoms. The first-order valence-corrected chi connectivity index (χ1v) is 13.4. The van der Waals surface area contributed by atoms with Crippen LogP contribution < -0.4 is 0 Å². The Balaban J connectivity index is 1.49. The number of methoxy groups -OCH3 is 1. The maximum Gasteiger partial charge on any atom is 0.146 e. The van der Waals surface area contributed by atoms with Crippen molar-refractivity contribution in [1.82, 2.24) is 0 Å². The Labute approximate surface area is 197 Å². The highest BCUT2D eigenvalue weighted by Gasteiger charge is 2.57. The van der Waals surface area contributed by atoms with E-state index in [1.807, 2.05) is 0 Å². The molecule has 2 unspecified atom stereocenters. The molecule has 3 saturated carbocycles. The average molecular weight is 445 g/mol. The third kappa shape index (κ3) is 4.27. The highest BCUT2D eigenvalue weighted by atomic mass is 16.7. The summed E-state index contributed by atoms with van der Waals surface area (Å²) in [6, 6.07) is 0. The molecule has 0 radical (unpaired) electrons. The van der Waals surface area contributed by atoms with Crippen molar-refractivity contribution >= 4 is 0 Å². The number of hydrogen-bond acceptors (Lipinski definition) is 3. The highest BCUT2D eigenvalue weighted by molar-refractivity contribution is 5.38. The van der Waals surface area contributed by atoms with Crippen LogP contribution in [-0.4, -0.2) is 31.2 Å². The van der Waals surface area contributed by atoms with Crippen LogP contribution in [0.15, 0.2) is 23.3 Å². The lowest BCUT2D eigenvalue weighted by Gasteiger charge is -2.55. The summed E-state index contributed by atoms with van der Waals surface area (Å²) < 4.78 is 11.1. The van der Waals surface area contributed by atoms with Gasteiger partial charge in [0.2, 0.25) is 0 Å². The smallest absolute Gasteiger partial charge is 0.146 e. The molecule has 0 aromatic rings. The van der Waals surface area contributed by atoms with Crippen molar-refractivity contribution in [3.05, 3.63) is 23.3 Å². The van der Waals surface area contributed by atoms with Gasteiger partial charge in [-0.15, -0.1) is 0 Å². The van der Waals surface area contributed by atoms with Gasteiger partial charge in [0.1, 0.15) is 6.79 Å². The van der Waals surface area contributed by atoms with Gasteiger partial charge in [0, 0.05) is 7.11 Å². The predicted octanol–water partition coefficient (Wildman–Crippen LogP) is 6.91. The van der Waals surface area contributed by atoms with Crippen LogP contribution in [0, 0.1) is 40.4 Å². The van der Waals surface area contributed by atoms with E-state index in [1.54, 1.807) is 18.3 Å². The van der Waals surface area contributed by atoms with Crippen LogP contribution in [-0.2, 0) is 9.47 Å². The minimum Gasteiger partial charge on any atom is -0.393 e. The van der Waals surface area contributed by atoms with Gasteiger partial charge in [-0.25, -0.2) is 0 Å². The first-order chi connectivity index (χ1) is 15.2. The summed E-state index contributed by atoms with van der Waals surface area (Å²) in [5, 5.41) is 10.3. The van der Waals surface area contributed by atoms with Gasteiger partial charge in [0.05, 0.1) is 12.2 Å². The van der Waals surface area contributed by atoms with Crippen LogP contribution in [0.2, 0.25) is 0 Å². The normalized spacial score (nSPS) is 40.8. The third-order valence-corrected chi connectivity index (χ3v) is 10.4. The number of allylic oxidation sites excluding steroid dienone is 3. The number of ether oxygens (including phenoxy) is 2. The van der Waals surface area contributed by atoms with Crippen molar-refractivity contribution in [3.63, 3.8) is 0 Å². The Kier molecular flexibility index (Phi) is 7.30.